The van der Waals surface area contributed by atoms with E-state index in [4.69, 9.17) is 9.97 Å². The molecule has 0 aromatic carbocycles. The Bertz CT molecular complexity index is 1160. The first-order valence-electron chi connectivity index (χ1n) is 36.4. The first-order chi connectivity index (χ1) is 37.8. The van der Waals surface area contributed by atoms with E-state index >= 15 is 0 Å². The third-order valence-electron chi connectivity index (χ3n) is 17.7. The fraction of sp³-hybridized carbons (Fsp3) is 0.932. The van der Waals surface area contributed by atoms with Crippen molar-refractivity contribution in [3.05, 3.63) is 29.7 Å². The van der Waals surface area contributed by atoms with E-state index in [-0.39, 0.29) is 0 Å². The highest BCUT2D eigenvalue weighted by Crippen LogP contribution is 2.24. The SMILES string of the molecule is [CH2]CCCc1nc(CCCCCCCCCCCCCCCCCCCCCC)c(CCCCCCCCCCCCCCCCCCCCCC)c(CCCCCCCCCCCCCCCCCCCCCC)n1. The Kier molecular flexibility index (Phi) is 60.8. The molecular weight excluding hydrogens is 917 g/mol. The van der Waals surface area contributed by atoms with Crippen LogP contribution in [0.2, 0.25) is 0 Å². The van der Waals surface area contributed by atoms with E-state index < -0.39 is 0 Å². The highest BCUT2D eigenvalue weighted by atomic mass is 14.9. The van der Waals surface area contributed by atoms with Crippen molar-refractivity contribution >= 4 is 0 Å². The quantitative estimate of drug-likeness (QED) is 0.0608. The van der Waals surface area contributed by atoms with Gasteiger partial charge in [0.15, 0.2) is 0 Å². The maximum Gasteiger partial charge on any atom is 0.128 e. The zero-order chi connectivity index (χ0) is 54.4. The fourth-order valence-corrected chi connectivity index (χ4v) is 12.4. The molecule has 0 amide bonds. The van der Waals surface area contributed by atoms with Crippen molar-refractivity contribution in [3.8, 4) is 0 Å². The summed E-state index contributed by atoms with van der Waals surface area (Å²) >= 11 is 0. The van der Waals surface area contributed by atoms with Crippen LogP contribution < -0.4 is 0 Å². The lowest BCUT2D eigenvalue weighted by atomic mass is 9.96. The zero-order valence-electron chi connectivity index (χ0n) is 53.3. The van der Waals surface area contributed by atoms with Gasteiger partial charge in [-0.3, -0.25) is 0 Å². The lowest BCUT2D eigenvalue weighted by molar-refractivity contribution is 0.520. The van der Waals surface area contributed by atoms with Crippen LogP contribution in [0.3, 0.4) is 0 Å². The molecule has 0 unspecified atom stereocenters. The van der Waals surface area contributed by atoms with Gasteiger partial charge in [-0.15, -0.1) is 0 Å². The van der Waals surface area contributed by atoms with Crippen molar-refractivity contribution in [1.82, 2.24) is 9.97 Å². The van der Waals surface area contributed by atoms with E-state index in [2.05, 4.69) is 27.7 Å². The number of aryl methyl sites for hydroxylation is 3. The van der Waals surface area contributed by atoms with Crippen LogP contribution in [0.15, 0.2) is 0 Å². The predicted octanol–water partition coefficient (Wildman–Crippen LogP) is 26.7. The molecule has 1 radical (unpaired) electrons. The van der Waals surface area contributed by atoms with Crippen molar-refractivity contribution in [2.24, 2.45) is 0 Å². The second kappa shape index (κ2) is 63.3. The number of hydrogen-bond donors (Lipinski definition) is 0. The van der Waals surface area contributed by atoms with E-state index in [0.717, 1.165) is 25.1 Å². The molecule has 76 heavy (non-hydrogen) atoms. The second-order valence-electron chi connectivity index (χ2n) is 25.4. The van der Waals surface area contributed by atoms with Crippen LogP contribution in [0.25, 0.3) is 0 Å². The Morgan fingerprint density at radius 2 is 0.368 bits per heavy atom. The Balaban J connectivity index is 2.45. The number of hydrogen-bond acceptors (Lipinski definition) is 2. The van der Waals surface area contributed by atoms with Crippen LogP contribution in [-0.4, -0.2) is 9.97 Å². The Morgan fingerprint density at radius 3 is 0.553 bits per heavy atom. The fourth-order valence-electron chi connectivity index (χ4n) is 12.4. The van der Waals surface area contributed by atoms with Gasteiger partial charge in [-0.25, -0.2) is 9.97 Å². The molecule has 0 saturated carbocycles. The molecule has 0 N–H and O–H groups in total. The Morgan fingerprint density at radius 1 is 0.197 bits per heavy atom. The van der Waals surface area contributed by atoms with Gasteiger partial charge in [0.1, 0.15) is 5.82 Å². The van der Waals surface area contributed by atoms with E-state index in [9.17, 15) is 0 Å². The van der Waals surface area contributed by atoms with Crippen LogP contribution in [0, 0.1) is 6.92 Å². The number of aromatic nitrogens is 2. The molecule has 0 aliphatic heterocycles. The summed E-state index contributed by atoms with van der Waals surface area (Å²) in [5, 5.41) is 0. The normalized spacial score (nSPS) is 11.7. The van der Waals surface area contributed by atoms with E-state index in [1.54, 1.807) is 5.56 Å². The molecule has 1 heterocycles. The summed E-state index contributed by atoms with van der Waals surface area (Å²) in [6, 6.07) is 0. The highest BCUT2D eigenvalue weighted by molar-refractivity contribution is 5.27. The van der Waals surface area contributed by atoms with Gasteiger partial charge < -0.3 is 0 Å². The van der Waals surface area contributed by atoms with E-state index in [1.807, 2.05) is 0 Å². The van der Waals surface area contributed by atoms with Crippen molar-refractivity contribution < 1.29 is 0 Å². The molecule has 2 heteroatoms. The van der Waals surface area contributed by atoms with Gasteiger partial charge in [0.25, 0.3) is 0 Å². The summed E-state index contributed by atoms with van der Waals surface area (Å²) < 4.78 is 0. The van der Waals surface area contributed by atoms with Crippen molar-refractivity contribution in [3.63, 3.8) is 0 Å². The lowest BCUT2D eigenvalue weighted by Crippen LogP contribution is -2.11. The van der Waals surface area contributed by atoms with Crippen LogP contribution in [0.4, 0.5) is 0 Å². The summed E-state index contributed by atoms with van der Waals surface area (Å²) in [6.45, 7) is 11.1. The van der Waals surface area contributed by atoms with Gasteiger partial charge in [0.2, 0.25) is 0 Å². The molecule has 1 aromatic rings. The van der Waals surface area contributed by atoms with Crippen LogP contribution in [0.1, 0.15) is 442 Å². The number of nitrogens with zero attached hydrogens (tertiary/aromatic N) is 2. The van der Waals surface area contributed by atoms with Gasteiger partial charge in [-0.05, 0) is 50.5 Å². The van der Waals surface area contributed by atoms with E-state index in [0.29, 0.717) is 0 Å². The molecule has 0 aliphatic rings. The molecule has 1 rings (SSSR count). The largest absolute Gasteiger partial charge is 0.238 e. The average Bonchev–Trinajstić information content (AvgIpc) is 3.43. The monoisotopic (exact) mass is 1060 g/mol. The summed E-state index contributed by atoms with van der Waals surface area (Å²) in [6.07, 6.45) is 93.2. The third-order valence-corrected chi connectivity index (χ3v) is 17.7. The molecular formula is C74H143N2. The molecule has 2 nitrogen and oxygen atoms in total. The van der Waals surface area contributed by atoms with Crippen LogP contribution in [0.5, 0.6) is 0 Å². The van der Waals surface area contributed by atoms with E-state index in [1.165, 1.54) is 416 Å². The van der Waals surface area contributed by atoms with Gasteiger partial charge >= 0.3 is 0 Å². The standard InChI is InChI=1S/C74H143N2/c1-5-9-13-16-19-22-25-28-31-34-37-40-43-46-49-52-55-58-61-64-67-71-72(68-65-62-59-56-53-50-47-44-41-38-35-32-29-26-23-20-17-14-10-6-2)75-74(70-12-8-4)76-73(71)69-66-63-60-57-54-51-48-45-42-39-36-33-30-27-24-21-18-15-11-7-3/h4-70H2,1-3H3. The maximum absolute atomic E-state index is 5.39. The molecule has 0 atom stereocenters. The summed E-state index contributed by atoms with van der Waals surface area (Å²) in [7, 11) is 0. The minimum absolute atomic E-state index is 0.980. The minimum Gasteiger partial charge on any atom is -0.238 e. The van der Waals surface area contributed by atoms with Crippen molar-refractivity contribution in [1.29, 1.82) is 0 Å². The van der Waals surface area contributed by atoms with Crippen LogP contribution >= 0.6 is 0 Å². The highest BCUT2D eigenvalue weighted by Gasteiger charge is 2.15. The molecule has 0 fully saturated rings. The lowest BCUT2D eigenvalue weighted by Gasteiger charge is -2.16. The Labute approximate surface area is 481 Å². The molecule has 0 bridgehead atoms. The summed E-state index contributed by atoms with van der Waals surface area (Å²) in [5.41, 5.74) is 4.46. The smallest absolute Gasteiger partial charge is 0.128 e. The van der Waals surface area contributed by atoms with Gasteiger partial charge in [-0.2, -0.15) is 0 Å². The van der Waals surface area contributed by atoms with Crippen molar-refractivity contribution in [2.45, 2.75) is 445 Å². The number of unbranched alkanes of at least 4 members (excludes halogenated alkanes) is 58. The molecule has 1 aromatic heterocycles. The van der Waals surface area contributed by atoms with Gasteiger partial charge in [0.05, 0.1) is 0 Å². The van der Waals surface area contributed by atoms with Gasteiger partial charge in [-0.1, -0.05) is 400 Å². The molecule has 0 spiro atoms. The molecule has 0 saturated heterocycles. The molecule has 0 aliphatic carbocycles. The third kappa shape index (κ3) is 52.5. The number of rotatable bonds is 66. The maximum atomic E-state index is 5.39. The summed E-state index contributed by atoms with van der Waals surface area (Å²) in [4.78, 5) is 10.8. The predicted molar refractivity (Wildman–Crippen MR) is 345 cm³/mol. The van der Waals surface area contributed by atoms with Crippen molar-refractivity contribution in [2.75, 3.05) is 0 Å². The summed E-state index contributed by atoms with van der Waals surface area (Å²) in [5.74, 6) is 1.13. The molecule has 449 valence electrons. The van der Waals surface area contributed by atoms with Crippen LogP contribution in [-0.2, 0) is 25.7 Å². The minimum atomic E-state index is 0.980. The first-order valence-corrected chi connectivity index (χ1v) is 36.4. The first kappa shape index (κ1) is 73.1. The zero-order valence-corrected chi connectivity index (χ0v) is 53.3. The topological polar surface area (TPSA) is 25.8 Å². The average molecular weight is 1060 g/mol. The van der Waals surface area contributed by atoms with Gasteiger partial charge in [0, 0.05) is 17.8 Å². The second-order valence-corrected chi connectivity index (χ2v) is 25.4. The Hall–Kier alpha value is -0.920.